The van der Waals surface area contributed by atoms with E-state index in [9.17, 15) is 0 Å². The van der Waals surface area contributed by atoms with Gasteiger partial charge < -0.3 is 4.90 Å². The van der Waals surface area contributed by atoms with Crippen molar-refractivity contribution in [2.75, 3.05) is 4.90 Å². The van der Waals surface area contributed by atoms with Gasteiger partial charge in [0.25, 0.3) is 0 Å². The van der Waals surface area contributed by atoms with Crippen LogP contribution in [0.5, 0.6) is 0 Å². The molecule has 0 aliphatic rings. The minimum absolute atomic E-state index is 1.09. The standard InChI is InChI=1S/C30H22BrN/c31-27-11-7-10-26(22-27)25-16-20-30(21-17-25)32(28-12-5-2-6-13-28)29-18-14-24(15-19-29)23-8-3-1-4-9-23/h1-22H. The maximum Gasteiger partial charge on any atom is 0.0462 e. The van der Waals surface area contributed by atoms with Gasteiger partial charge >= 0.3 is 0 Å². The van der Waals surface area contributed by atoms with E-state index < -0.39 is 0 Å². The third kappa shape index (κ3) is 4.37. The third-order valence-corrected chi connectivity index (χ3v) is 6.02. The minimum Gasteiger partial charge on any atom is -0.311 e. The molecule has 0 saturated heterocycles. The lowest BCUT2D eigenvalue weighted by atomic mass is 10.0. The molecule has 0 saturated carbocycles. The molecule has 1 nitrogen and oxygen atoms in total. The van der Waals surface area contributed by atoms with Crippen molar-refractivity contribution in [2.24, 2.45) is 0 Å². The number of rotatable bonds is 5. The number of hydrogen-bond acceptors (Lipinski definition) is 1. The lowest BCUT2D eigenvalue weighted by Gasteiger charge is -2.26. The molecule has 0 fully saturated rings. The summed E-state index contributed by atoms with van der Waals surface area (Å²) in [6.45, 7) is 0. The highest BCUT2D eigenvalue weighted by Crippen LogP contribution is 2.36. The van der Waals surface area contributed by atoms with Gasteiger partial charge in [0.05, 0.1) is 0 Å². The van der Waals surface area contributed by atoms with E-state index in [4.69, 9.17) is 0 Å². The summed E-state index contributed by atoms with van der Waals surface area (Å²) in [6.07, 6.45) is 0. The second kappa shape index (κ2) is 9.25. The van der Waals surface area contributed by atoms with Gasteiger partial charge in [-0.25, -0.2) is 0 Å². The zero-order valence-electron chi connectivity index (χ0n) is 17.5. The van der Waals surface area contributed by atoms with Crippen LogP contribution in [0.25, 0.3) is 22.3 Å². The molecule has 5 rings (SSSR count). The van der Waals surface area contributed by atoms with Crippen molar-refractivity contribution < 1.29 is 0 Å². The summed E-state index contributed by atoms with van der Waals surface area (Å²) in [5.41, 5.74) is 8.23. The van der Waals surface area contributed by atoms with Gasteiger partial charge in [0.1, 0.15) is 0 Å². The van der Waals surface area contributed by atoms with E-state index in [-0.39, 0.29) is 0 Å². The van der Waals surface area contributed by atoms with Gasteiger partial charge in [0.15, 0.2) is 0 Å². The van der Waals surface area contributed by atoms with Crippen molar-refractivity contribution in [3.05, 3.63) is 138 Å². The van der Waals surface area contributed by atoms with Crippen LogP contribution in [0.3, 0.4) is 0 Å². The zero-order chi connectivity index (χ0) is 21.8. The number of para-hydroxylation sites is 1. The molecule has 32 heavy (non-hydrogen) atoms. The van der Waals surface area contributed by atoms with Gasteiger partial charge in [0, 0.05) is 21.5 Å². The van der Waals surface area contributed by atoms with Crippen molar-refractivity contribution in [3.63, 3.8) is 0 Å². The fourth-order valence-electron chi connectivity index (χ4n) is 3.93. The topological polar surface area (TPSA) is 3.24 Å². The molecule has 0 aromatic heterocycles. The first-order valence-electron chi connectivity index (χ1n) is 10.6. The Morgan fingerprint density at radius 1 is 0.375 bits per heavy atom. The first kappa shape index (κ1) is 20.3. The Kier molecular flexibility index (Phi) is 5.87. The van der Waals surface area contributed by atoms with Crippen molar-refractivity contribution in [3.8, 4) is 22.3 Å². The van der Waals surface area contributed by atoms with Crippen LogP contribution in [-0.2, 0) is 0 Å². The summed E-state index contributed by atoms with van der Waals surface area (Å²) in [5.74, 6) is 0. The molecule has 2 heteroatoms. The quantitative estimate of drug-likeness (QED) is 0.244. The number of benzene rings is 5. The van der Waals surface area contributed by atoms with Crippen molar-refractivity contribution in [1.29, 1.82) is 0 Å². The molecule has 0 unspecified atom stereocenters. The lowest BCUT2D eigenvalue weighted by molar-refractivity contribution is 1.28. The van der Waals surface area contributed by atoms with Gasteiger partial charge in [-0.15, -0.1) is 0 Å². The largest absolute Gasteiger partial charge is 0.311 e. The Labute approximate surface area is 197 Å². The van der Waals surface area contributed by atoms with Gasteiger partial charge in [-0.1, -0.05) is 101 Å². The summed E-state index contributed by atoms with van der Waals surface area (Å²) in [6, 6.07) is 46.9. The number of halogens is 1. The van der Waals surface area contributed by atoms with Crippen LogP contribution >= 0.6 is 15.9 Å². The van der Waals surface area contributed by atoms with Crippen LogP contribution in [0.4, 0.5) is 17.1 Å². The molecule has 0 aliphatic heterocycles. The molecule has 5 aromatic carbocycles. The predicted molar refractivity (Wildman–Crippen MR) is 140 cm³/mol. The molecule has 0 radical (unpaired) electrons. The maximum absolute atomic E-state index is 3.57. The van der Waals surface area contributed by atoms with Crippen molar-refractivity contribution in [1.82, 2.24) is 0 Å². The Balaban J connectivity index is 1.52. The second-order valence-corrected chi connectivity index (χ2v) is 8.56. The first-order chi connectivity index (χ1) is 15.8. The summed E-state index contributed by atoms with van der Waals surface area (Å²) >= 11 is 3.57. The highest BCUT2D eigenvalue weighted by molar-refractivity contribution is 9.10. The Hall–Kier alpha value is -3.62. The van der Waals surface area contributed by atoms with Crippen molar-refractivity contribution >= 4 is 33.0 Å². The molecule has 5 aromatic rings. The number of hydrogen-bond donors (Lipinski definition) is 0. The first-order valence-corrected chi connectivity index (χ1v) is 11.4. The van der Waals surface area contributed by atoms with Gasteiger partial charge in [0.2, 0.25) is 0 Å². The number of anilines is 3. The van der Waals surface area contributed by atoms with E-state index in [1.165, 1.54) is 22.3 Å². The summed E-state index contributed by atoms with van der Waals surface area (Å²) in [7, 11) is 0. The van der Waals surface area contributed by atoms with E-state index in [2.05, 4.69) is 142 Å². The molecule has 0 heterocycles. The van der Waals surface area contributed by atoms with Gasteiger partial charge in [-0.3, -0.25) is 0 Å². The van der Waals surface area contributed by atoms with Gasteiger partial charge in [-0.2, -0.15) is 0 Å². The highest BCUT2D eigenvalue weighted by Gasteiger charge is 2.12. The predicted octanol–water partition coefficient (Wildman–Crippen LogP) is 9.25. The zero-order valence-corrected chi connectivity index (χ0v) is 19.1. The molecule has 0 aliphatic carbocycles. The van der Waals surface area contributed by atoms with Crippen LogP contribution in [0.1, 0.15) is 0 Å². The van der Waals surface area contributed by atoms with Crippen LogP contribution in [0.15, 0.2) is 138 Å². The Morgan fingerprint density at radius 3 is 1.38 bits per heavy atom. The van der Waals surface area contributed by atoms with E-state index >= 15 is 0 Å². The van der Waals surface area contributed by atoms with Crippen molar-refractivity contribution in [2.45, 2.75) is 0 Å². The molecule has 154 valence electrons. The fraction of sp³-hybridized carbons (Fsp3) is 0. The SMILES string of the molecule is Brc1cccc(-c2ccc(N(c3ccccc3)c3ccc(-c4ccccc4)cc3)cc2)c1. The fourth-order valence-corrected chi connectivity index (χ4v) is 4.33. The molecule has 0 spiro atoms. The molecule has 0 amide bonds. The molecule has 0 N–H and O–H groups in total. The van der Waals surface area contributed by atoms with E-state index in [0.717, 1.165) is 21.5 Å². The monoisotopic (exact) mass is 475 g/mol. The van der Waals surface area contributed by atoms with E-state index in [0.29, 0.717) is 0 Å². The molecular weight excluding hydrogens is 454 g/mol. The van der Waals surface area contributed by atoms with Crippen LogP contribution in [0, 0.1) is 0 Å². The van der Waals surface area contributed by atoms with Crippen LogP contribution < -0.4 is 4.90 Å². The summed E-state index contributed by atoms with van der Waals surface area (Å²) < 4.78 is 1.09. The van der Waals surface area contributed by atoms with E-state index in [1.807, 2.05) is 12.1 Å². The van der Waals surface area contributed by atoms with Crippen LogP contribution in [-0.4, -0.2) is 0 Å². The average Bonchev–Trinajstić information content (AvgIpc) is 2.86. The lowest BCUT2D eigenvalue weighted by Crippen LogP contribution is -2.09. The second-order valence-electron chi connectivity index (χ2n) is 7.64. The highest BCUT2D eigenvalue weighted by atomic mass is 79.9. The molecular formula is C30H22BrN. The Morgan fingerprint density at radius 2 is 0.812 bits per heavy atom. The summed E-state index contributed by atoms with van der Waals surface area (Å²) in [5, 5.41) is 0. The smallest absolute Gasteiger partial charge is 0.0462 e. The maximum atomic E-state index is 3.57. The summed E-state index contributed by atoms with van der Waals surface area (Å²) in [4.78, 5) is 2.29. The van der Waals surface area contributed by atoms with Gasteiger partial charge in [-0.05, 0) is 70.8 Å². The normalized spacial score (nSPS) is 10.7. The number of nitrogens with zero attached hydrogens (tertiary/aromatic N) is 1. The molecule has 0 atom stereocenters. The van der Waals surface area contributed by atoms with E-state index in [1.54, 1.807) is 0 Å². The minimum atomic E-state index is 1.09. The van der Waals surface area contributed by atoms with Crippen LogP contribution in [0.2, 0.25) is 0 Å². The average molecular weight is 476 g/mol. The Bertz CT molecular complexity index is 1290. The molecule has 0 bridgehead atoms. The third-order valence-electron chi connectivity index (χ3n) is 5.53.